The summed E-state index contributed by atoms with van der Waals surface area (Å²) in [6.45, 7) is 1.17. The molecular weight excluding hydrogens is 394 g/mol. The van der Waals surface area contributed by atoms with Gasteiger partial charge in [-0.1, -0.05) is 30.7 Å². The molecule has 0 unspecified atom stereocenters. The number of aromatic nitrogens is 4. The summed E-state index contributed by atoms with van der Waals surface area (Å²) in [6, 6.07) is 14.8. The van der Waals surface area contributed by atoms with E-state index in [4.69, 9.17) is 4.42 Å². The van der Waals surface area contributed by atoms with Gasteiger partial charge in [-0.15, -0.1) is 10.2 Å². The van der Waals surface area contributed by atoms with Gasteiger partial charge in [-0.05, 0) is 37.1 Å². The number of oxazole rings is 1. The fourth-order valence-electron chi connectivity index (χ4n) is 4.10. The molecule has 1 N–H and O–H groups in total. The Morgan fingerprint density at radius 2 is 1.97 bits per heavy atom. The molecule has 0 fully saturated rings. The summed E-state index contributed by atoms with van der Waals surface area (Å²) in [5.41, 5.74) is 2.83. The van der Waals surface area contributed by atoms with Gasteiger partial charge in [-0.2, -0.15) is 0 Å². The van der Waals surface area contributed by atoms with Crippen LogP contribution in [-0.4, -0.2) is 25.2 Å². The highest BCUT2D eigenvalue weighted by Gasteiger charge is 2.16. The predicted molar refractivity (Wildman–Crippen MR) is 117 cm³/mol. The molecule has 158 valence electrons. The summed E-state index contributed by atoms with van der Waals surface area (Å²) in [7, 11) is 0. The zero-order chi connectivity index (χ0) is 21.2. The van der Waals surface area contributed by atoms with E-state index in [1.165, 1.54) is 11.0 Å². The quantitative estimate of drug-likeness (QED) is 0.535. The lowest BCUT2D eigenvalue weighted by molar-refractivity contribution is -0.116. The minimum atomic E-state index is -0.455. The van der Waals surface area contributed by atoms with Crippen molar-refractivity contribution in [3.05, 3.63) is 64.9 Å². The molecule has 0 aliphatic carbocycles. The first-order valence-electron chi connectivity index (χ1n) is 10.6. The fraction of sp³-hybridized carbons (Fsp3) is 0.304. The number of nitrogens with zero attached hydrogens (tertiary/aromatic N) is 4. The predicted octanol–water partition coefficient (Wildman–Crippen LogP) is 3.61. The summed E-state index contributed by atoms with van der Waals surface area (Å²) in [5, 5.41) is 11.7. The first-order chi connectivity index (χ1) is 15.2. The summed E-state index contributed by atoms with van der Waals surface area (Å²) in [4.78, 5) is 24.6. The van der Waals surface area contributed by atoms with Gasteiger partial charge in [0, 0.05) is 37.2 Å². The van der Waals surface area contributed by atoms with E-state index in [9.17, 15) is 9.59 Å². The molecule has 5 rings (SSSR count). The van der Waals surface area contributed by atoms with Gasteiger partial charge in [0.2, 0.25) is 5.91 Å². The van der Waals surface area contributed by atoms with Crippen molar-refractivity contribution in [1.29, 1.82) is 0 Å². The Kier molecular flexibility index (Phi) is 5.11. The molecule has 0 bridgehead atoms. The van der Waals surface area contributed by atoms with Crippen LogP contribution < -0.4 is 11.1 Å². The lowest BCUT2D eigenvalue weighted by Gasteiger charge is -2.10. The largest absolute Gasteiger partial charge is 0.419 e. The lowest BCUT2D eigenvalue weighted by atomic mass is 10.2. The first kappa shape index (κ1) is 19.3. The Morgan fingerprint density at radius 1 is 1.06 bits per heavy atom. The number of nitrogens with one attached hydrogen (secondary N) is 1. The zero-order valence-electron chi connectivity index (χ0n) is 17.1. The average Bonchev–Trinajstić information content (AvgIpc) is 3.23. The van der Waals surface area contributed by atoms with Crippen LogP contribution in [0.3, 0.4) is 0 Å². The number of benzene rings is 2. The monoisotopic (exact) mass is 417 g/mol. The lowest BCUT2D eigenvalue weighted by Crippen LogP contribution is -2.19. The second kappa shape index (κ2) is 8.22. The molecule has 3 heterocycles. The second-order valence-corrected chi connectivity index (χ2v) is 7.77. The molecule has 1 aliphatic rings. The summed E-state index contributed by atoms with van der Waals surface area (Å²) in [5.74, 6) is 1.24. The van der Waals surface area contributed by atoms with Crippen LogP contribution in [0.4, 0.5) is 5.69 Å². The number of fused-ring (bicyclic) bond motifs is 2. The molecule has 4 aromatic rings. The van der Waals surface area contributed by atoms with E-state index in [-0.39, 0.29) is 18.9 Å². The van der Waals surface area contributed by atoms with E-state index in [1.807, 2.05) is 42.5 Å². The number of carbonyl (C=O) groups excluding carboxylic acids is 1. The number of carbonyl (C=O) groups is 1. The van der Waals surface area contributed by atoms with Crippen LogP contribution in [0.1, 0.15) is 31.5 Å². The van der Waals surface area contributed by atoms with E-state index in [2.05, 4.69) is 20.1 Å². The van der Waals surface area contributed by atoms with E-state index < -0.39 is 5.76 Å². The molecule has 8 nitrogen and oxygen atoms in total. The molecule has 0 saturated heterocycles. The van der Waals surface area contributed by atoms with Gasteiger partial charge in [0.1, 0.15) is 5.82 Å². The second-order valence-electron chi connectivity index (χ2n) is 7.77. The molecule has 1 amide bonds. The highest BCUT2D eigenvalue weighted by Crippen LogP contribution is 2.25. The van der Waals surface area contributed by atoms with E-state index in [0.717, 1.165) is 43.0 Å². The minimum absolute atomic E-state index is 0.161. The normalized spacial score (nSPS) is 13.7. The van der Waals surface area contributed by atoms with Crippen molar-refractivity contribution in [2.45, 2.75) is 45.2 Å². The van der Waals surface area contributed by atoms with Crippen molar-refractivity contribution in [3.63, 3.8) is 0 Å². The van der Waals surface area contributed by atoms with Gasteiger partial charge in [-0.25, -0.2) is 4.79 Å². The van der Waals surface area contributed by atoms with Crippen LogP contribution in [0, 0.1) is 0 Å². The van der Waals surface area contributed by atoms with E-state index in [1.54, 1.807) is 6.07 Å². The molecule has 31 heavy (non-hydrogen) atoms. The first-order valence-corrected chi connectivity index (χ1v) is 10.6. The SMILES string of the molecule is O=C(CCn1c(=O)oc2ccccc21)Nc1cccc(-c2nnc3n2CCCCC3)c1. The maximum absolute atomic E-state index is 12.5. The molecule has 0 saturated carbocycles. The van der Waals surface area contributed by atoms with Crippen LogP contribution in [-0.2, 0) is 24.3 Å². The highest BCUT2D eigenvalue weighted by molar-refractivity contribution is 5.91. The molecule has 8 heteroatoms. The smallest absolute Gasteiger partial charge is 0.408 e. The molecule has 1 aliphatic heterocycles. The number of aryl methyl sites for hydroxylation is 2. The van der Waals surface area contributed by atoms with Crippen molar-refractivity contribution >= 4 is 22.7 Å². The third kappa shape index (κ3) is 3.88. The van der Waals surface area contributed by atoms with Gasteiger partial charge in [0.05, 0.1) is 5.52 Å². The number of para-hydroxylation sites is 2. The van der Waals surface area contributed by atoms with Crippen LogP contribution in [0.2, 0.25) is 0 Å². The van der Waals surface area contributed by atoms with Crippen molar-refractivity contribution < 1.29 is 9.21 Å². The van der Waals surface area contributed by atoms with E-state index >= 15 is 0 Å². The van der Waals surface area contributed by atoms with Crippen LogP contribution in [0.5, 0.6) is 0 Å². The van der Waals surface area contributed by atoms with Crippen molar-refractivity contribution in [2.24, 2.45) is 0 Å². The third-order valence-electron chi connectivity index (χ3n) is 5.65. The number of hydrogen-bond acceptors (Lipinski definition) is 5. The van der Waals surface area contributed by atoms with Crippen LogP contribution in [0.15, 0.2) is 57.7 Å². The topological polar surface area (TPSA) is 94.9 Å². The fourth-order valence-corrected chi connectivity index (χ4v) is 4.10. The van der Waals surface area contributed by atoms with Gasteiger partial charge in [-0.3, -0.25) is 9.36 Å². The Bertz CT molecular complexity index is 1300. The average molecular weight is 417 g/mol. The number of anilines is 1. The number of amides is 1. The summed E-state index contributed by atoms with van der Waals surface area (Å²) < 4.78 is 8.89. The zero-order valence-corrected chi connectivity index (χ0v) is 17.1. The molecule has 0 spiro atoms. The summed E-state index contributed by atoms with van der Waals surface area (Å²) in [6.07, 6.45) is 4.58. The molecule has 0 atom stereocenters. The van der Waals surface area contributed by atoms with Gasteiger partial charge in [0.15, 0.2) is 11.4 Å². The third-order valence-corrected chi connectivity index (χ3v) is 5.65. The van der Waals surface area contributed by atoms with E-state index in [0.29, 0.717) is 16.8 Å². The van der Waals surface area contributed by atoms with Gasteiger partial charge in [0.25, 0.3) is 0 Å². The Labute approximate surface area is 178 Å². The molecule has 2 aromatic heterocycles. The van der Waals surface area contributed by atoms with Gasteiger partial charge >= 0.3 is 5.76 Å². The van der Waals surface area contributed by atoms with Crippen LogP contribution in [0.25, 0.3) is 22.5 Å². The van der Waals surface area contributed by atoms with Crippen LogP contribution >= 0.6 is 0 Å². The summed E-state index contributed by atoms with van der Waals surface area (Å²) >= 11 is 0. The Hall–Kier alpha value is -3.68. The minimum Gasteiger partial charge on any atom is -0.408 e. The molecular formula is C23H23N5O3. The maximum atomic E-state index is 12.5. The molecule has 0 radical (unpaired) electrons. The van der Waals surface area contributed by atoms with Crippen molar-refractivity contribution in [3.8, 4) is 11.4 Å². The Morgan fingerprint density at radius 3 is 2.90 bits per heavy atom. The number of hydrogen-bond donors (Lipinski definition) is 1. The standard InChI is InChI=1S/C23H23N5O3/c29-21(12-14-27-18-9-3-4-10-19(18)31-23(27)30)24-17-8-6-7-16(15-17)22-26-25-20-11-2-1-5-13-28(20)22/h3-4,6-10,15H,1-2,5,11-14H2,(H,24,29). The number of rotatable bonds is 5. The highest BCUT2D eigenvalue weighted by atomic mass is 16.4. The molecule has 2 aromatic carbocycles. The maximum Gasteiger partial charge on any atom is 0.419 e. The Balaban J connectivity index is 1.30. The van der Waals surface area contributed by atoms with Gasteiger partial charge < -0.3 is 14.3 Å². The van der Waals surface area contributed by atoms with Crippen molar-refractivity contribution in [1.82, 2.24) is 19.3 Å². The van der Waals surface area contributed by atoms with Crippen molar-refractivity contribution in [2.75, 3.05) is 5.32 Å².